The fourth-order valence-electron chi connectivity index (χ4n) is 2.02. The summed E-state index contributed by atoms with van der Waals surface area (Å²) in [5, 5.41) is 0.760. The standard InChI is InChI=1S/C13H11ClN2/c14-11-5-3-10(4-6-11)13-12-2-1-8-16(12)9-7-15-13/h1-6,8H,7,9H2. The summed E-state index contributed by atoms with van der Waals surface area (Å²) in [6.45, 7) is 1.82. The SMILES string of the molecule is Clc1ccc(C2=NCCn3cccc32)cc1. The zero-order valence-corrected chi connectivity index (χ0v) is 9.48. The molecule has 0 saturated heterocycles. The highest BCUT2D eigenvalue weighted by Gasteiger charge is 2.14. The molecule has 0 fully saturated rings. The van der Waals surface area contributed by atoms with Crippen LogP contribution in [0.5, 0.6) is 0 Å². The number of rotatable bonds is 1. The highest BCUT2D eigenvalue weighted by molar-refractivity contribution is 6.30. The quantitative estimate of drug-likeness (QED) is 0.717. The van der Waals surface area contributed by atoms with Crippen LogP contribution in [-0.4, -0.2) is 16.8 Å². The fourth-order valence-corrected chi connectivity index (χ4v) is 2.15. The maximum Gasteiger partial charge on any atom is 0.0884 e. The first-order chi connectivity index (χ1) is 7.84. The lowest BCUT2D eigenvalue weighted by molar-refractivity contribution is 0.690. The molecule has 0 unspecified atom stereocenters. The molecule has 80 valence electrons. The maximum absolute atomic E-state index is 5.88. The lowest BCUT2D eigenvalue weighted by atomic mass is 10.1. The Kier molecular flexibility index (Phi) is 2.29. The molecule has 0 radical (unpaired) electrons. The second-order valence-electron chi connectivity index (χ2n) is 3.82. The Labute approximate surface area is 99.2 Å². The first-order valence-corrected chi connectivity index (χ1v) is 5.68. The van der Waals surface area contributed by atoms with Crippen LogP contribution in [0.1, 0.15) is 11.3 Å². The first kappa shape index (κ1) is 9.67. The van der Waals surface area contributed by atoms with Gasteiger partial charge in [0, 0.05) is 23.3 Å². The van der Waals surface area contributed by atoms with Gasteiger partial charge in [-0.2, -0.15) is 0 Å². The topological polar surface area (TPSA) is 17.3 Å². The minimum Gasteiger partial charge on any atom is -0.344 e. The summed E-state index contributed by atoms with van der Waals surface area (Å²) in [4.78, 5) is 4.60. The van der Waals surface area contributed by atoms with E-state index in [1.54, 1.807) is 0 Å². The summed E-state index contributed by atoms with van der Waals surface area (Å²) in [5.74, 6) is 0. The van der Waals surface area contributed by atoms with Gasteiger partial charge < -0.3 is 4.57 Å². The molecule has 2 aromatic rings. The third-order valence-corrected chi connectivity index (χ3v) is 3.05. The van der Waals surface area contributed by atoms with Crippen molar-refractivity contribution in [3.05, 3.63) is 58.9 Å². The van der Waals surface area contributed by atoms with Crippen molar-refractivity contribution >= 4 is 17.3 Å². The van der Waals surface area contributed by atoms with Gasteiger partial charge >= 0.3 is 0 Å². The number of nitrogens with zero attached hydrogens (tertiary/aromatic N) is 2. The molecule has 0 atom stereocenters. The molecule has 2 heterocycles. The molecular formula is C13H11ClN2. The van der Waals surface area contributed by atoms with Crippen molar-refractivity contribution in [1.82, 2.24) is 4.57 Å². The monoisotopic (exact) mass is 230 g/mol. The van der Waals surface area contributed by atoms with E-state index in [2.05, 4.69) is 27.9 Å². The van der Waals surface area contributed by atoms with Gasteiger partial charge in [-0.25, -0.2) is 0 Å². The number of halogens is 1. The Bertz CT molecular complexity index is 537. The minimum absolute atomic E-state index is 0.760. The van der Waals surface area contributed by atoms with Crippen LogP contribution >= 0.6 is 11.6 Å². The Morgan fingerprint density at radius 2 is 1.94 bits per heavy atom. The summed E-state index contributed by atoms with van der Waals surface area (Å²) in [7, 11) is 0. The van der Waals surface area contributed by atoms with Crippen LogP contribution in [0.2, 0.25) is 5.02 Å². The zero-order valence-electron chi connectivity index (χ0n) is 8.73. The lowest BCUT2D eigenvalue weighted by Gasteiger charge is -2.16. The Morgan fingerprint density at radius 1 is 1.12 bits per heavy atom. The van der Waals surface area contributed by atoms with Crippen LogP contribution in [0, 0.1) is 0 Å². The van der Waals surface area contributed by atoms with Crippen LogP contribution in [0.25, 0.3) is 0 Å². The predicted octanol–water partition coefficient (Wildman–Crippen LogP) is 2.99. The fraction of sp³-hybridized carbons (Fsp3) is 0.154. The number of fused-ring (bicyclic) bond motifs is 1. The first-order valence-electron chi connectivity index (χ1n) is 5.30. The van der Waals surface area contributed by atoms with Crippen molar-refractivity contribution in [2.45, 2.75) is 6.54 Å². The van der Waals surface area contributed by atoms with Gasteiger partial charge in [0.1, 0.15) is 0 Å². The molecule has 0 spiro atoms. The van der Waals surface area contributed by atoms with E-state index in [0.717, 1.165) is 29.4 Å². The van der Waals surface area contributed by atoms with E-state index in [9.17, 15) is 0 Å². The Hall–Kier alpha value is -1.54. The molecule has 1 aromatic heterocycles. The lowest BCUT2D eigenvalue weighted by Crippen LogP contribution is -2.18. The van der Waals surface area contributed by atoms with Crippen molar-refractivity contribution in [2.24, 2.45) is 4.99 Å². The molecule has 3 heteroatoms. The Morgan fingerprint density at radius 3 is 2.75 bits per heavy atom. The van der Waals surface area contributed by atoms with Crippen molar-refractivity contribution in [2.75, 3.05) is 6.54 Å². The molecule has 1 aromatic carbocycles. The van der Waals surface area contributed by atoms with Crippen LogP contribution in [0.3, 0.4) is 0 Å². The summed E-state index contributed by atoms with van der Waals surface area (Å²) < 4.78 is 2.23. The summed E-state index contributed by atoms with van der Waals surface area (Å²) >= 11 is 5.88. The van der Waals surface area contributed by atoms with E-state index < -0.39 is 0 Å². The van der Waals surface area contributed by atoms with E-state index in [4.69, 9.17) is 11.6 Å². The number of aliphatic imine (C=N–C) groups is 1. The van der Waals surface area contributed by atoms with E-state index >= 15 is 0 Å². The Balaban J connectivity index is 2.08. The molecule has 16 heavy (non-hydrogen) atoms. The van der Waals surface area contributed by atoms with Crippen molar-refractivity contribution < 1.29 is 0 Å². The van der Waals surface area contributed by atoms with Crippen LogP contribution < -0.4 is 0 Å². The number of hydrogen-bond donors (Lipinski definition) is 0. The highest BCUT2D eigenvalue weighted by Crippen LogP contribution is 2.17. The average molecular weight is 231 g/mol. The minimum atomic E-state index is 0.760. The molecule has 0 saturated carbocycles. The maximum atomic E-state index is 5.88. The molecule has 0 amide bonds. The zero-order chi connectivity index (χ0) is 11.0. The van der Waals surface area contributed by atoms with Gasteiger partial charge in [0.25, 0.3) is 0 Å². The molecule has 0 N–H and O–H groups in total. The second-order valence-corrected chi connectivity index (χ2v) is 4.26. The van der Waals surface area contributed by atoms with Crippen molar-refractivity contribution in [1.29, 1.82) is 0 Å². The van der Waals surface area contributed by atoms with Crippen LogP contribution in [0.4, 0.5) is 0 Å². The van der Waals surface area contributed by atoms with E-state index in [1.807, 2.05) is 24.3 Å². The molecule has 2 nitrogen and oxygen atoms in total. The van der Waals surface area contributed by atoms with Gasteiger partial charge in [0.2, 0.25) is 0 Å². The van der Waals surface area contributed by atoms with Gasteiger partial charge in [-0.1, -0.05) is 23.7 Å². The van der Waals surface area contributed by atoms with Gasteiger partial charge in [0.05, 0.1) is 18.0 Å². The third-order valence-electron chi connectivity index (χ3n) is 2.80. The number of benzene rings is 1. The van der Waals surface area contributed by atoms with Gasteiger partial charge in [-0.3, -0.25) is 4.99 Å². The third kappa shape index (κ3) is 1.55. The van der Waals surface area contributed by atoms with Crippen molar-refractivity contribution in [3.63, 3.8) is 0 Å². The van der Waals surface area contributed by atoms with Crippen LogP contribution in [0.15, 0.2) is 47.6 Å². The second kappa shape index (κ2) is 3.80. The molecule has 3 rings (SSSR count). The summed E-state index contributed by atoms with van der Waals surface area (Å²) in [6, 6.07) is 12.0. The number of aromatic nitrogens is 1. The van der Waals surface area contributed by atoms with E-state index in [1.165, 1.54) is 5.69 Å². The number of hydrogen-bond acceptors (Lipinski definition) is 1. The average Bonchev–Trinajstić information content (AvgIpc) is 2.78. The molecular weight excluding hydrogens is 220 g/mol. The van der Waals surface area contributed by atoms with E-state index in [0.29, 0.717) is 0 Å². The summed E-state index contributed by atoms with van der Waals surface area (Å²) in [5.41, 5.74) is 3.38. The van der Waals surface area contributed by atoms with Gasteiger partial charge in [-0.05, 0) is 24.3 Å². The predicted molar refractivity (Wildman–Crippen MR) is 66.4 cm³/mol. The van der Waals surface area contributed by atoms with E-state index in [-0.39, 0.29) is 0 Å². The smallest absolute Gasteiger partial charge is 0.0884 e. The summed E-state index contributed by atoms with van der Waals surface area (Å²) in [6.07, 6.45) is 2.10. The highest BCUT2D eigenvalue weighted by atomic mass is 35.5. The molecule has 1 aliphatic rings. The van der Waals surface area contributed by atoms with Gasteiger partial charge in [-0.15, -0.1) is 0 Å². The largest absolute Gasteiger partial charge is 0.344 e. The molecule has 1 aliphatic heterocycles. The van der Waals surface area contributed by atoms with Crippen molar-refractivity contribution in [3.8, 4) is 0 Å². The molecule has 0 aliphatic carbocycles. The van der Waals surface area contributed by atoms with Crippen LogP contribution in [-0.2, 0) is 6.54 Å². The van der Waals surface area contributed by atoms with Gasteiger partial charge in [0.15, 0.2) is 0 Å². The normalized spacial score (nSPS) is 14.4. The molecule has 0 bridgehead atoms.